The number of hydrogen-bond donors (Lipinski definition) is 1. The van der Waals surface area contributed by atoms with E-state index in [1.807, 2.05) is 0 Å². The molecule has 1 unspecified atom stereocenters. The Balaban J connectivity index is 2.27. The van der Waals surface area contributed by atoms with E-state index in [0.29, 0.717) is 12.0 Å². The fraction of sp³-hybridized carbons (Fsp3) is 0.474. The molecule has 1 atom stereocenters. The van der Waals surface area contributed by atoms with Crippen LogP contribution in [0.15, 0.2) is 24.3 Å². The largest absolute Gasteiger partial charge is 0.459 e. The van der Waals surface area contributed by atoms with Gasteiger partial charge in [-0.2, -0.15) is 0 Å². The van der Waals surface area contributed by atoms with Gasteiger partial charge < -0.3 is 14.8 Å². The van der Waals surface area contributed by atoms with Gasteiger partial charge in [-0.25, -0.2) is 9.59 Å². The second-order valence-corrected chi connectivity index (χ2v) is 5.74. The molecule has 0 saturated carbocycles. The van der Waals surface area contributed by atoms with E-state index in [9.17, 15) is 19.7 Å². The number of alkyl carbamates (subject to hydrolysis) is 1. The van der Waals surface area contributed by atoms with Crippen molar-refractivity contribution in [1.82, 2.24) is 5.32 Å². The van der Waals surface area contributed by atoms with Gasteiger partial charge in [0.15, 0.2) is 0 Å². The first-order valence-electron chi connectivity index (χ1n) is 8.73. The highest BCUT2D eigenvalue weighted by molar-refractivity contribution is 5.80. The molecule has 0 aliphatic carbocycles. The number of nitrogens with one attached hydrogen (secondary N) is 1. The zero-order chi connectivity index (χ0) is 20.1. The Bertz CT molecular complexity index is 690. The van der Waals surface area contributed by atoms with E-state index in [1.165, 1.54) is 31.2 Å². The Hall–Kier alpha value is -3.08. The smallest absolute Gasteiger partial charge is 0.407 e. The van der Waals surface area contributed by atoms with Crippen LogP contribution in [-0.4, -0.2) is 29.6 Å². The Morgan fingerprint density at radius 1 is 1.19 bits per heavy atom. The molecule has 1 aromatic rings. The third-order valence-electron chi connectivity index (χ3n) is 3.46. The van der Waals surface area contributed by atoms with Crippen LogP contribution in [0.25, 0.3) is 0 Å². The van der Waals surface area contributed by atoms with E-state index in [0.717, 1.165) is 19.3 Å². The van der Waals surface area contributed by atoms with Crippen molar-refractivity contribution >= 4 is 17.7 Å². The minimum absolute atomic E-state index is 0.0436. The Kier molecular flexibility index (Phi) is 10.0. The van der Waals surface area contributed by atoms with Crippen LogP contribution in [-0.2, 0) is 20.9 Å². The summed E-state index contributed by atoms with van der Waals surface area (Å²) in [5, 5.41) is 13.0. The number of nitro benzene ring substituents is 1. The van der Waals surface area contributed by atoms with Gasteiger partial charge in [0.25, 0.3) is 5.69 Å². The topological polar surface area (TPSA) is 108 Å². The lowest BCUT2D eigenvalue weighted by molar-refractivity contribution is -0.384. The predicted molar refractivity (Wildman–Crippen MR) is 98.8 cm³/mol. The number of ether oxygens (including phenoxy) is 2. The summed E-state index contributed by atoms with van der Waals surface area (Å²) >= 11 is 0. The van der Waals surface area contributed by atoms with Crippen LogP contribution >= 0.6 is 0 Å². The lowest BCUT2D eigenvalue weighted by Crippen LogP contribution is -2.39. The molecule has 0 radical (unpaired) electrons. The van der Waals surface area contributed by atoms with E-state index in [-0.39, 0.29) is 18.9 Å². The molecule has 8 heteroatoms. The van der Waals surface area contributed by atoms with Crippen LogP contribution in [0.3, 0.4) is 0 Å². The molecule has 0 bridgehead atoms. The van der Waals surface area contributed by atoms with E-state index in [2.05, 4.69) is 24.1 Å². The van der Waals surface area contributed by atoms with Gasteiger partial charge >= 0.3 is 12.1 Å². The minimum atomic E-state index is -0.883. The SMILES string of the molecule is CCCCC#CCCOC(=O)NC(C)C(=O)OCc1ccc([N+](=O)[O-])cc1. The minimum Gasteiger partial charge on any atom is -0.459 e. The van der Waals surface area contributed by atoms with Crippen molar-refractivity contribution in [3.63, 3.8) is 0 Å². The summed E-state index contributed by atoms with van der Waals surface area (Å²) < 4.78 is 10.0. The molecule has 1 rings (SSSR count). The molecule has 1 aromatic carbocycles. The van der Waals surface area contributed by atoms with E-state index >= 15 is 0 Å². The second kappa shape index (κ2) is 12.3. The molecule has 0 saturated heterocycles. The molecule has 0 heterocycles. The molecule has 0 aliphatic heterocycles. The number of benzene rings is 1. The van der Waals surface area contributed by atoms with Crippen LogP contribution in [0.1, 0.15) is 45.1 Å². The van der Waals surface area contributed by atoms with Crippen molar-refractivity contribution in [3.8, 4) is 11.8 Å². The van der Waals surface area contributed by atoms with Gasteiger partial charge in [-0.05, 0) is 31.0 Å². The number of non-ortho nitro benzene ring substituents is 1. The fourth-order valence-electron chi connectivity index (χ4n) is 1.91. The summed E-state index contributed by atoms with van der Waals surface area (Å²) in [5.41, 5.74) is 0.559. The van der Waals surface area contributed by atoms with Gasteiger partial charge in [0, 0.05) is 25.0 Å². The molecule has 8 nitrogen and oxygen atoms in total. The molecular formula is C19H24N2O6. The third-order valence-corrected chi connectivity index (χ3v) is 3.46. The highest BCUT2D eigenvalue weighted by atomic mass is 16.6. The van der Waals surface area contributed by atoms with Gasteiger partial charge in [-0.15, -0.1) is 5.92 Å². The normalized spacial score (nSPS) is 10.9. The average molecular weight is 376 g/mol. The number of esters is 1. The molecule has 146 valence electrons. The van der Waals surface area contributed by atoms with Crippen molar-refractivity contribution in [2.24, 2.45) is 0 Å². The Morgan fingerprint density at radius 3 is 2.48 bits per heavy atom. The first-order chi connectivity index (χ1) is 12.9. The summed E-state index contributed by atoms with van der Waals surface area (Å²) in [6.07, 6.45) is 2.70. The standard InChI is InChI=1S/C19H24N2O6/c1-3-4-5-6-7-8-13-26-19(23)20-15(2)18(22)27-14-16-9-11-17(12-10-16)21(24)25/h9-12,15H,3-5,8,13-14H2,1-2H3,(H,20,23). The average Bonchev–Trinajstić information content (AvgIpc) is 2.65. The monoisotopic (exact) mass is 376 g/mol. The highest BCUT2D eigenvalue weighted by Crippen LogP contribution is 2.12. The molecule has 0 aliphatic rings. The molecule has 0 spiro atoms. The lowest BCUT2D eigenvalue weighted by Gasteiger charge is -2.13. The van der Waals surface area contributed by atoms with Crippen molar-refractivity contribution in [3.05, 3.63) is 39.9 Å². The van der Waals surface area contributed by atoms with Crippen molar-refractivity contribution in [2.75, 3.05) is 6.61 Å². The summed E-state index contributed by atoms with van der Waals surface area (Å²) in [5.74, 6) is 5.27. The highest BCUT2D eigenvalue weighted by Gasteiger charge is 2.18. The van der Waals surface area contributed by atoms with Gasteiger partial charge in [0.1, 0.15) is 19.3 Å². The summed E-state index contributed by atoms with van der Waals surface area (Å²) in [6.45, 7) is 3.66. The number of hydrogen-bond acceptors (Lipinski definition) is 6. The van der Waals surface area contributed by atoms with Crippen molar-refractivity contribution in [1.29, 1.82) is 0 Å². The molecule has 0 aromatic heterocycles. The molecular weight excluding hydrogens is 352 g/mol. The van der Waals surface area contributed by atoms with Crippen molar-refractivity contribution in [2.45, 2.75) is 52.2 Å². The van der Waals surface area contributed by atoms with Crippen LogP contribution < -0.4 is 5.32 Å². The number of carbonyl (C=O) groups excluding carboxylic acids is 2. The summed E-state index contributed by atoms with van der Waals surface area (Å²) in [7, 11) is 0. The second-order valence-electron chi connectivity index (χ2n) is 5.74. The predicted octanol–water partition coefficient (Wildman–Crippen LogP) is 3.34. The fourth-order valence-corrected chi connectivity index (χ4v) is 1.91. The first kappa shape index (κ1) is 22.0. The first-order valence-corrected chi connectivity index (χ1v) is 8.73. The van der Waals surface area contributed by atoms with Gasteiger partial charge in [0.2, 0.25) is 0 Å². The summed E-state index contributed by atoms with van der Waals surface area (Å²) in [6, 6.07) is 4.77. The van der Waals surface area contributed by atoms with E-state index in [1.54, 1.807) is 0 Å². The maximum atomic E-state index is 11.9. The van der Waals surface area contributed by atoms with Crippen molar-refractivity contribution < 1.29 is 24.0 Å². The number of nitro groups is 1. The molecule has 0 fully saturated rings. The van der Waals surface area contributed by atoms with E-state index < -0.39 is 23.0 Å². The number of rotatable bonds is 9. The molecule has 1 N–H and O–H groups in total. The zero-order valence-corrected chi connectivity index (χ0v) is 15.5. The zero-order valence-electron chi connectivity index (χ0n) is 15.5. The molecule has 27 heavy (non-hydrogen) atoms. The van der Waals surface area contributed by atoms with Crippen LogP contribution in [0, 0.1) is 22.0 Å². The lowest BCUT2D eigenvalue weighted by atomic mass is 10.2. The maximum Gasteiger partial charge on any atom is 0.407 e. The third kappa shape index (κ3) is 9.26. The summed E-state index contributed by atoms with van der Waals surface area (Å²) in [4.78, 5) is 33.6. The number of amides is 1. The number of unbranched alkanes of at least 4 members (excludes halogenated alkanes) is 2. The number of nitrogens with zero attached hydrogens (tertiary/aromatic N) is 1. The molecule has 1 amide bonds. The van der Waals surface area contributed by atoms with Crippen LogP contribution in [0.5, 0.6) is 0 Å². The quantitative estimate of drug-likeness (QED) is 0.233. The number of carbonyl (C=O) groups is 2. The Morgan fingerprint density at radius 2 is 1.85 bits per heavy atom. The van der Waals surface area contributed by atoms with Crippen LogP contribution in [0.2, 0.25) is 0 Å². The van der Waals surface area contributed by atoms with Gasteiger partial charge in [-0.1, -0.05) is 19.3 Å². The van der Waals surface area contributed by atoms with E-state index in [4.69, 9.17) is 9.47 Å². The van der Waals surface area contributed by atoms with Crippen LogP contribution in [0.4, 0.5) is 10.5 Å². The maximum absolute atomic E-state index is 11.9. The Labute approximate surface area is 158 Å². The van der Waals surface area contributed by atoms with Gasteiger partial charge in [0.05, 0.1) is 4.92 Å². The van der Waals surface area contributed by atoms with Gasteiger partial charge in [-0.3, -0.25) is 10.1 Å².